The highest BCUT2D eigenvalue weighted by molar-refractivity contribution is 5.57. The van der Waals surface area contributed by atoms with E-state index in [2.05, 4.69) is 20.6 Å². The third kappa shape index (κ3) is 4.29. The van der Waals surface area contributed by atoms with Crippen LogP contribution in [0.25, 0.3) is 0 Å². The Morgan fingerprint density at radius 1 is 1.09 bits per heavy atom. The lowest BCUT2D eigenvalue weighted by molar-refractivity contribution is -0.141. The molecule has 0 aliphatic heterocycles. The van der Waals surface area contributed by atoms with Crippen molar-refractivity contribution in [2.75, 3.05) is 23.8 Å². The maximum atomic E-state index is 12.8. The number of alkyl halides is 3. The van der Waals surface area contributed by atoms with Gasteiger partial charge in [-0.25, -0.2) is 9.37 Å². The lowest BCUT2D eigenvalue weighted by Crippen LogP contribution is -2.15. The molecule has 0 saturated heterocycles. The average molecular weight is 316 g/mol. The van der Waals surface area contributed by atoms with Gasteiger partial charge in [-0.15, -0.1) is 0 Å². The molecule has 0 aliphatic carbocycles. The molecule has 2 rings (SSSR count). The Balaban J connectivity index is 2.30. The summed E-state index contributed by atoms with van der Waals surface area (Å²) in [7, 11) is 0. The summed E-state index contributed by atoms with van der Waals surface area (Å²) in [6.07, 6.45) is -4.64. The van der Waals surface area contributed by atoms with Gasteiger partial charge in [-0.3, -0.25) is 0 Å². The van der Waals surface area contributed by atoms with Gasteiger partial charge in [0.1, 0.15) is 11.6 Å². The summed E-state index contributed by atoms with van der Waals surface area (Å²) in [6, 6.07) is 5.81. The van der Waals surface area contributed by atoms with E-state index in [9.17, 15) is 17.6 Å². The van der Waals surface area contributed by atoms with E-state index in [4.69, 9.17) is 5.11 Å². The Bertz CT molecular complexity index is 631. The van der Waals surface area contributed by atoms with Crippen molar-refractivity contribution in [1.82, 2.24) is 9.97 Å². The molecular formula is C13H12F4N4O. The van der Waals surface area contributed by atoms with Gasteiger partial charge in [-0.2, -0.15) is 18.2 Å². The van der Waals surface area contributed by atoms with E-state index in [0.717, 1.165) is 6.07 Å². The number of aromatic nitrogens is 2. The fourth-order valence-electron chi connectivity index (χ4n) is 1.58. The topological polar surface area (TPSA) is 70.1 Å². The van der Waals surface area contributed by atoms with Crippen LogP contribution in [-0.2, 0) is 6.18 Å². The van der Waals surface area contributed by atoms with E-state index in [0.29, 0.717) is 5.69 Å². The molecule has 9 heteroatoms. The number of nitrogens with zero attached hydrogens (tertiary/aromatic N) is 2. The minimum Gasteiger partial charge on any atom is -0.395 e. The van der Waals surface area contributed by atoms with Crippen LogP contribution in [0.5, 0.6) is 0 Å². The van der Waals surface area contributed by atoms with E-state index in [1.807, 2.05) is 0 Å². The minimum absolute atomic E-state index is 0.0112. The van der Waals surface area contributed by atoms with Crippen LogP contribution in [0.15, 0.2) is 30.3 Å². The second-order valence-electron chi connectivity index (χ2n) is 4.24. The highest BCUT2D eigenvalue weighted by atomic mass is 19.4. The summed E-state index contributed by atoms with van der Waals surface area (Å²) in [6.45, 7) is -0.266. The number of aliphatic hydroxyl groups is 1. The van der Waals surface area contributed by atoms with E-state index in [-0.39, 0.29) is 24.9 Å². The normalized spacial score (nSPS) is 11.3. The Labute approximate surface area is 123 Å². The SMILES string of the molecule is OCCNc1nc(Nc2ccc(F)cc2)cc(C(F)(F)F)n1. The monoisotopic (exact) mass is 316 g/mol. The molecule has 0 fully saturated rings. The van der Waals surface area contributed by atoms with Crippen LogP contribution >= 0.6 is 0 Å². The van der Waals surface area contributed by atoms with Gasteiger partial charge >= 0.3 is 6.18 Å². The van der Waals surface area contributed by atoms with Crippen LogP contribution < -0.4 is 10.6 Å². The highest BCUT2D eigenvalue weighted by Crippen LogP contribution is 2.30. The molecule has 1 aromatic carbocycles. The maximum Gasteiger partial charge on any atom is 0.433 e. The third-order valence-electron chi connectivity index (χ3n) is 2.53. The van der Waals surface area contributed by atoms with Crippen molar-refractivity contribution < 1.29 is 22.7 Å². The van der Waals surface area contributed by atoms with Crippen molar-refractivity contribution in [3.63, 3.8) is 0 Å². The number of hydrogen-bond acceptors (Lipinski definition) is 5. The number of halogens is 4. The van der Waals surface area contributed by atoms with Crippen LogP contribution in [-0.4, -0.2) is 28.2 Å². The lowest BCUT2D eigenvalue weighted by atomic mass is 10.3. The first kappa shape index (κ1) is 16.0. The molecule has 118 valence electrons. The van der Waals surface area contributed by atoms with Crippen molar-refractivity contribution >= 4 is 17.5 Å². The zero-order chi connectivity index (χ0) is 16.2. The number of anilines is 3. The number of hydrogen-bond donors (Lipinski definition) is 3. The predicted molar refractivity (Wildman–Crippen MR) is 72.3 cm³/mol. The Kier molecular flexibility index (Phi) is 4.76. The van der Waals surface area contributed by atoms with Gasteiger partial charge in [0.05, 0.1) is 6.61 Å². The van der Waals surface area contributed by atoms with Crippen LogP contribution in [0, 0.1) is 5.82 Å². The van der Waals surface area contributed by atoms with Crippen molar-refractivity contribution in [3.05, 3.63) is 41.8 Å². The molecule has 22 heavy (non-hydrogen) atoms. The standard InChI is InChI=1S/C13H12F4N4O/c14-8-1-3-9(4-2-8)19-11-7-10(13(15,16)17)20-12(21-11)18-5-6-22/h1-4,7,22H,5-6H2,(H2,18,19,20,21). The smallest absolute Gasteiger partial charge is 0.395 e. The van der Waals surface area contributed by atoms with Crippen LogP contribution in [0.1, 0.15) is 5.69 Å². The number of aliphatic hydroxyl groups excluding tert-OH is 1. The Morgan fingerprint density at radius 3 is 2.36 bits per heavy atom. The molecule has 1 heterocycles. The first-order valence-corrected chi connectivity index (χ1v) is 6.22. The Morgan fingerprint density at radius 2 is 1.77 bits per heavy atom. The van der Waals surface area contributed by atoms with Gasteiger partial charge in [0, 0.05) is 18.3 Å². The molecule has 0 aliphatic rings. The van der Waals surface area contributed by atoms with Gasteiger partial charge in [0.2, 0.25) is 5.95 Å². The average Bonchev–Trinajstić information content (AvgIpc) is 2.46. The highest BCUT2D eigenvalue weighted by Gasteiger charge is 2.33. The van der Waals surface area contributed by atoms with Gasteiger partial charge in [0.25, 0.3) is 0 Å². The summed E-state index contributed by atoms with van der Waals surface area (Å²) in [4.78, 5) is 7.20. The maximum absolute atomic E-state index is 12.8. The van der Waals surface area contributed by atoms with Gasteiger partial charge < -0.3 is 15.7 Å². The number of rotatable bonds is 5. The quantitative estimate of drug-likeness (QED) is 0.740. The predicted octanol–water partition coefficient (Wildman–Crippen LogP) is 2.78. The molecule has 1 aromatic heterocycles. The molecule has 0 saturated carbocycles. The molecule has 0 bridgehead atoms. The summed E-state index contributed by atoms with van der Waals surface area (Å²) < 4.78 is 51.3. The zero-order valence-electron chi connectivity index (χ0n) is 11.2. The summed E-state index contributed by atoms with van der Waals surface area (Å²) in [5.74, 6) is -0.836. The molecular weight excluding hydrogens is 304 g/mol. The second kappa shape index (κ2) is 6.56. The van der Waals surface area contributed by atoms with Gasteiger partial charge in [-0.1, -0.05) is 0 Å². The summed E-state index contributed by atoms with van der Waals surface area (Å²) >= 11 is 0. The van der Waals surface area contributed by atoms with Crippen molar-refractivity contribution in [2.24, 2.45) is 0 Å². The van der Waals surface area contributed by atoms with Crippen molar-refractivity contribution in [1.29, 1.82) is 0 Å². The number of nitrogens with one attached hydrogen (secondary N) is 2. The van der Waals surface area contributed by atoms with E-state index in [1.54, 1.807) is 0 Å². The molecule has 5 nitrogen and oxygen atoms in total. The second-order valence-corrected chi connectivity index (χ2v) is 4.24. The largest absolute Gasteiger partial charge is 0.433 e. The van der Waals surface area contributed by atoms with Gasteiger partial charge in [0.15, 0.2) is 5.69 Å². The van der Waals surface area contributed by atoms with Crippen molar-refractivity contribution in [2.45, 2.75) is 6.18 Å². The fourth-order valence-corrected chi connectivity index (χ4v) is 1.58. The van der Waals surface area contributed by atoms with Crippen LogP contribution in [0.3, 0.4) is 0 Å². The minimum atomic E-state index is -4.64. The molecule has 0 unspecified atom stereocenters. The van der Waals surface area contributed by atoms with Crippen LogP contribution in [0.4, 0.5) is 35.0 Å². The zero-order valence-corrected chi connectivity index (χ0v) is 11.2. The first-order valence-electron chi connectivity index (χ1n) is 6.22. The summed E-state index contributed by atoms with van der Waals surface area (Å²) in [5.41, 5.74) is -0.756. The first-order chi connectivity index (χ1) is 10.4. The molecule has 2 aromatic rings. The van der Waals surface area contributed by atoms with E-state index in [1.165, 1.54) is 24.3 Å². The van der Waals surface area contributed by atoms with Crippen LogP contribution in [0.2, 0.25) is 0 Å². The fraction of sp³-hybridized carbons (Fsp3) is 0.231. The summed E-state index contributed by atoms with van der Waals surface area (Å²) in [5, 5.41) is 13.8. The molecule has 0 atom stereocenters. The van der Waals surface area contributed by atoms with E-state index >= 15 is 0 Å². The molecule has 0 amide bonds. The molecule has 0 radical (unpaired) electrons. The third-order valence-corrected chi connectivity index (χ3v) is 2.53. The number of benzene rings is 1. The van der Waals surface area contributed by atoms with Crippen molar-refractivity contribution in [3.8, 4) is 0 Å². The van der Waals surface area contributed by atoms with E-state index < -0.39 is 17.7 Å². The molecule has 0 spiro atoms. The molecule has 3 N–H and O–H groups in total. The Hall–Kier alpha value is -2.42. The van der Waals surface area contributed by atoms with Gasteiger partial charge in [-0.05, 0) is 24.3 Å². The lowest BCUT2D eigenvalue weighted by Gasteiger charge is -2.12.